The zero-order valence-electron chi connectivity index (χ0n) is 11.9. The Labute approximate surface area is 116 Å². The van der Waals surface area contributed by atoms with E-state index in [0.717, 1.165) is 12.6 Å². The van der Waals surface area contributed by atoms with Crippen LogP contribution in [-0.4, -0.2) is 12.6 Å². The normalized spacial score (nSPS) is 20.1. The van der Waals surface area contributed by atoms with Crippen LogP contribution < -0.4 is 5.32 Å². The molecule has 1 nitrogen and oxygen atoms in total. The fourth-order valence-electron chi connectivity index (χ4n) is 3.64. The van der Waals surface area contributed by atoms with Gasteiger partial charge in [-0.15, -0.1) is 11.3 Å². The number of thiophene rings is 1. The van der Waals surface area contributed by atoms with E-state index < -0.39 is 0 Å². The fraction of sp³-hybridized carbons (Fsp3) is 0.750. The Balaban J connectivity index is 1.98. The van der Waals surface area contributed by atoms with Gasteiger partial charge in [0.2, 0.25) is 0 Å². The van der Waals surface area contributed by atoms with Crippen molar-refractivity contribution in [2.24, 2.45) is 5.41 Å². The van der Waals surface area contributed by atoms with Gasteiger partial charge in [0.05, 0.1) is 0 Å². The maximum absolute atomic E-state index is 3.78. The van der Waals surface area contributed by atoms with Crippen molar-refractivity contribution in [3.8, 4) is 0 Å². The largest absolute Gasteiger partial charge is 0.314 e. The van der Waals surface area contributed by atoms with Crippen LogP contribution >= 0.6 is 11.3 Å². The van der Waals surface area contributed by atoms with Gasteiger partial charge in [-0.05, 0) is 55.5 Å². The van der Waals surface area contributed by atoms with E-state index in [-0.39, 0.29) is 0 Å². The summed E-state index contributed by atoms with van der Waals surface area (Å²) in [6.45, 7) is 5.74. The summed E-state index contributed by atoms with van der Waals surface area (Å²) < 4.78 is 0. The first-order valence-electron chi connectivity index (χ1n) is 7.56. The zero-order chi connectivity index (χ0) is 12.8. The lowest BCUT2D eigenvalue weighted by molar-refractivity contribution is 0.179. The molecule has 0 aliphatic heterocycles. The molecule has 1 aliphatic carbocycles. The molecule has 1 atom stereocenters. The van der Waals surface area contributed by atoms with Gasteiger partial charge < -0.3 is 5.32 Å². The van der Waals surface area contributed by atoms with Crippen molar-refractivity contribution in [1.29, 1.82) is 0 Å². The number of rotatable bonds is 7. The summed E-state index contributed by atoms with van der Waals surface area (Å²) in [5.74, 6) is 0. The summed E-state index contributed by atoms with van der Waals surface area (Å²) in [6.07, 6.45) is 9.65. The van der Waals surface area contributed by atoms with Gasteiger partial charge in [0.1, 0.15) is 0 Å². The standard InChI is InChI=1S/C16H27NS/c1-3-16(11-5-6-12-16)15(17-4-2)10-9-14-8-7-13-18-14/h7-8,13,15,17H,3-6,9-12H2,1-2H3. The molecular formula is C16H27NS. The Morgan fingerprint density at radius 3 is 2.67 bits per heavy atom. The highest BCUT2D eigenvalue weighted by molar-refractivity contribution is 7.09. The van der Waals surface area contributed by atoms with Crippen LogP contribution in [0.1, 0.15) is 57.2 Å². The summed E-state index contributed by atoms with van der Waals surface area (Å²) in [5.41, 5.74) is 0.591. The van der Waals surface area contributed by atoms with Crippen LogP contribution in [0.2, 0.25) is 0 Å². The van der Waals surface area contributed by atoms with Crippen LogP contribution in [0.25, 0.3) is 0 Å². The summed E-state index contributed by atoms with van der Waals surface area (Å²) in [7, 11) is 0. The van der Waals surface area contributed by atoms with Gasteiger partial charge >= 0.3 is 0 Å². The van der Waals surface area contributed by atoms with Crippen LogP contribution in [0.5, 0.6) is 0 Å². The maximum atomic E-state index is 3.78. The Bertz CT molecular complexity index is 325. The molecule has 0 aromatic carbocycles. The molecule has 102 valence electrons. The van der Waals surface area contributed by atoms with Crippen LogP contribution in [0.4, 0.5) is 0 Å². The monoisotopic (exact) mass is 265 g/mol. The van der Waals surface area contributed by atoms with Gasteiger partial charge in [0.25, 0.3) is 0 Å². The van der Waals surface area contributed by atoms with Crippen LogP contribution in [-0.2, 0) is 6.42 Å². The summed E-state index contributed by atoms with van der Waals surface area (Å²) in [5, 5.41) is 5.98. The number of hydrogen-bond acceptors (Lipinski definition) is 2. The first-order chi connectivity index (χ1) is 8.80. The average molecular weight is 265 g/mol. The topological polar surface area (TPSA) is 12.0 Å². The lowest BCUT2D eigenvalue weighted by atomic mass is 9.74. The molecule has 0 radical (unpaired) electrons. The Kier molecular flexibility index (Phi) is 5.25. The summed E-state index contributed by atoms with van der Waals surface area (Å²) in [6, 6.07) is 5.17. The highest BCUT2D eigenvalue weighted by Gasteiger charge is 2.38. The third kappa shape index (κ3) is 3.16. The maximum Gasteiger partial charge on any atom is 0.0127 e. The van der Waals surface area contributed by atoms with E-state index in [4.69, 9.17) is 0 Å². The van der Waals surface area contributed by atoms with E-state index in [0.29, 0.717) is 5.41 Å². The van der Waals surface area contributed by atoms with E-state index in [2.05, 4.69) is 36.7 Å². The molecule has 1 heterocycles. The van der Waals surface area contributed by atoms with Crippen molar-refractivity contribution in [3.63, 3.8) is 0 Å². The molecule has 1 aliphatic rings. The van der Waals surface area contributed by atoms with Crippen molar-refractivity contribution < 1.29 is 0 Å². The molecule has 1 aromatic rings. The van der Waals surface area contributed by atoms with E-state index >= 15 is 0 Å². The third-order valence-corrected chi connectivity index (χ3v) is 5.69. The van der Waals surface area contributed by atoms with E-state index in [1.165, 1.54) is 44.9 Å². The number of aryl methyl sites for hydroxylation is 1. The molecule has 1 aromatic heterocycles. The highest BCUT2D eigenvalue weighted by atomic mass is 32.1. The molecule has 1 unspecified atom stereocenters. The molecule has 0 saturated heterocycles. The summed E-state index contributed by atoms with van der Waals surface area (Å²) in [4.78, 5) is 1.54. The smallest absolute Gasteiger partial charge is 0.0127 e. The second kappa shape index (κ2) is 6.72. The van der Waals surface area contributed by atoms with Crippen LogP contribution in [0.3, 0.4) is 0 Å². The molecule has 1 N–H and O–H groups in total. The van der Waals surface area contributed by atoms with Crippen molar-refractivity contribution in [3.05, 3.63) is 22.4 Å². The van der Waals surface area contributed by atoms with E-state index in [9.17, 15) is 0 Å². The molecule has 0 amide bonds. The van der Waals surface area contributed by atoms with E-state index in [1.54, 1.807) is 4.88 Å². The zero-order valence-corrected chi connectivity index (χ0v) is 12.7. The van der Waals surface area contributed by atoms with Crippen molar-refractivity contribution in [2.75, 3.05) is 6.54 Å². The molecule has 2 heteroatoms. The van der Waals surface area contributed by atoms with Gasteiger partial charge in [-0.2, -0.15) is 0 Å². The lowest BCUT2D eigenvalue weighted by Gasteiger charge is -2.37. The number of hydrogen-bond donors (Lipinski definition) is 1. The minimum Gasteiger partial charge on any atom is -0.314 e. The van der Waals surface area contributed by atoms with Gasteiger partial charge in [-0.1, -0.05) is 32.8 Å². The molecule has 0 spiro atoms. The highest BCUT2D eigenvalue weighted by Crippen LogP contribution is 2.45. The minimum absolute atomic E-state index is 0.591. The van der Waals surface area contributed by atoms with E-state index in [1.807, 2.05) is 11.3 Å². The van der Waals surface area contributed by atoms with Crippen LogP contribution in [0, 0.1) is 5.41 Å². The predicted octanol–water partition coefficient (Wildman–Crippen LogP) is 4.63. The van der Waals surface area contributed by atoms with Gasteiger partial charge in [0.15, 0.2) is 0 Å². The molecular weight excluding hydrogens is 238 g/mol. The SMILES string of the molecule is CCNC(CCc1cccs1)C1(CC)CCCC1. The Morgan fingerprint density at radius 1 is 1.33 bits per heavy atom. The second-order valence-electron chi connectivity index (χ2n) is 5.65. The van der Waals surface area contributed by atoms with Crippen molar-refractivity contribution >= 4 is 11.3 Å². The molecule has 0 bridgehead atoms. The first-order valence-corrected chi connectivity index (χ1v) is 8.44. The number of nitrogens with one attached hydrogen (secondary N) is 1. The van der Waals surface area contributed by atoms with Crippen molar-refractivity contribution in [1.82, 2.24) is 5.32 Å². The summed E-state index contributed by atoms with van der Waals surface area (Å²) >= 11 is 1.90. The van der Waals surface area contributed by atoms with Gasteiger partial charge in [-0.3, -0.25) is 0 Å². The Hall–Kier alpha value is -0.340. The average Bonchev–Trinajstić information content (AvgIpc) is 3.06. The molecule has 2 rings (SSSR count). The predicted molar refractivity (Wildman–Crippen MR) is 81.3 cm³/mol. The molecule has 1 saturated carbocycles. The second-order valence-corrected chi connectivity index (χ2v) is 6.68. The van der Waals surface area contributed by atoms with Crippen molar-refractivity contribution in [2.45, 2.75) is 64.8 Å². The third-order valence-electron chi connectivity index (χ3n) is 4.75. The fourth-order valence-corrected chi connectivity index (χ4v) is 4.36. The Morgan fingerprint density at radius 2 is 2.11 bits per heavy atom. The first kappa shape index (κ1) is 14.1. The van der Waals surface area contributed by atoms with Crippen LogP contribution in [0.15, 0.2) is 17.5 Å². The minimum atomic E-state index is 0.591. The van der Waals surface area contributed by atoms with Gasteiger partial charge in [0, 0.05) is 10.9 Å². The van der Waals surface area contributed by atoms with Gasteiger partial charge in [-0.25, -0.2) is 0 Å². The molecule has 18 heavy (non-hydrogen) atoms. The molecule has 1 fully saturated rings. The quantitative estimate of drug-likeness (QED) is 0.758. The lowest BCUT2D eigenvalue weighted by Crippen LogP contribution is -2.43.